The first-order valence-corrected chi connectivity index (χ1v) is 6.90. The number of carbonyl (C=O) groups is 1. The lowest BCUT2D eigenvalue weighted by Crippen LogP contribution is -2.52. The number of hydrogen-bond acceptors (Lipinski definition) is 4. The molecule has 0 bridgehead atoms. The summed E-state index contributed by atoms with van der Waals surface area (Å²) in [5, 5.41) is 14.1. The van der Waals surface area contributed by atoms with Crippen LogP contribution in [0.25, 0.3) is 0 Å². The predicted octanol–water partition coefficient (Wildman–Crippen LogP) is 1.31. The highest BCUT2D eigenvalue weighted by Gasteiger charge is 2.38. The minimum Gasteiger partial charge on any atom is -0.335 e. The van der Waals surface area contributed by atoms with Gasteiger partial charge in [-0.1, -0.05) is 18.2 Å². The van der Waals surface area contributed by atoms with Crippen LogP contribution in [0, 0.1) is 16.0 Å². The molecule has 106 valence electrons. The molecule has 1 aromatic carbocycles. The van der Waals surface area contributed by atoms with E-state index < -0.39 is 0 Å². The SMILES string of the molecule is O=C(C1CNC1)N(Cc1ccccc1[N+](=O)[O-])C1CC1. The second kappa shape index (κ2) is 5.20. The second-order valence-corrected chi connectivity index (χ2v) is 5.44. The Kier molecular flexibility index (Phi) is 3.40. The van der Waals surface area contributed by atoms with Gasteiger partial charge in [0.1, 0.15) is 0 Å². The first-order valence-electron chi connectivity index (χ1n) is 6.90. The average Bonchev–Trinajstić information content (AvgIpc) is 3.18. The van der Waals surface area contributed by atoms with Gasteiger partial charge in [-0.05, 0) is 12.8 Å². The number of rotatable bonds is 5. The molecule has 0 spiro atoms. The molecule has 0 aromatic heterocycles. The van der Waals surface area contributed by atoms with Crippen LogP contribution in [0.1, 0.15) is 18.4 Å². The van der Waals surface area contributed by atoms with E-state index in [9.17, 15) is 14.9 Å². The molecule has 0 unspecified atom stereocenters. The van der Waals surface area contributed by atoms with E-state index in [1.54, 1.807) is 18.2 Å². The van der Waals surface area contributed by atoms with Crippen LogP contribution in [0.15, 0.2) is 24.3 Å². The normalized spacial score (nSPS) is 18.4. The van der Waals surface area contributed by atoms with Gasteiger partial charge in [0.05, 0.1) is 17.4 Å². The van der Waals surface area contributed by atoms with Gasteiger partial charge in [0.15, 0.2) is 0 Å². The van der Waals surface area contributed by atoms with Crippen LogP contribution in [0.5, 0.6) is 0 Å². The van der Waals surface area contributed by atoms with Crippen LogP contribution in [-0.4, -0.2) is 34.9 Å². The number of carbonyl (C=O) groups excluding carboxylic acids is 1. The number of nitro groups is 1. The van der Waals surface area contributed by atoms with Crippen molar-refractivity contribution in [1.82, 2.24) is 10.2 Å². The third-order valence-corrected chi connectivity index (χ3v) is 3.93. The Morgan fingerprint density at radius 1 is 1.35 bits per heavy atom. The molecule has 6 heteroatoms. The van der Waals surface area contributed by atoms with Crippen LogP contribution in [0.4, 0.5) is 5.69 Å². The number of nitro benzene ring substituents is 1. The summed E-state index contributed by atoms with van der Waals surface area (Å²) < 4.78 is 0. The molecule has 1 aliphatic heterocycles. The summed E-state index contributed by atoms with van der Waals surface area (Å²) in [6.45, 7) is 1.79. The molecule has 1 N–H and O–H groups in total. The largest absolute Gasteiger partial charge is 0.335 e. The van der Waals surface area contributed by atoms with Crippen molar-refractivity contribution in [2.24, 2.45) is 5.92 Å². The first-order chi connectivity index (χ1) is 9.66. The van der Waals surface area contributed by atoms with Crippen LogP contribution in [0.2, 0.25) is 0 Å². The van der Waals surface area contributed by atoms with Crippen LogP contribution in [0.3, 0.4) is 0 Å². The Balaban J connectivity index is 1.79. The molecule has 1 saturated heterocycles. The van der Waals surface area contributed by atoms with Crippen molar-refractivity contribution in [3.63, 3.8) is 0 Å². The van der Waals surface area contributed by atoms with E-state index in [0.717, 1.165) is 25.9 Å². The number of para-hydroxylation sites is 1. The van der Waals surface area contributed by atoms with Gasteiger partial charge in [-0.15, -0.1) is 0 Å². The fourth-order valence-electron chi connectivity index (χ4n) is 2.48. The molecule has 2 aliphatic rings. The zero-order chi connectivity index (χ0) is 14.1. The molecule has 1 saturated carbocycles. The Labute approximate surface area is 116 Å². The molecule has 1 amide bonds. The quantitative estimate of drug-likeness (QED) is 0.649. The number of hydrogen-bond donors (Lipinski definition) is 1. The lowest BCUT2D eigenvalue weighted by atomic mass is 10.0. The number of nitrogens with one attached hydrogen (secondary N) is 1. The summed E-state index contributed by atoms with van der Waals surface area (Å²) in [6.07, 6.45) is 2.01. The van der Waals surface area contributed by atoms with E-state index in [1.807, 2.05) is 4.90 Å². The second-order valence-electron chi connectivity index (χ2n) is 5.44. The van der Waals surface area contributed by atoms with E-state index in [1.165, 1.54) is 6.07 Å². The molecule has 6 nitrogen and oxygen atoms in total. The first kappa shape index (κ1) is 13.1. The highest BCUT2D eigenvalue weighted by molar-refractivity contribution is 5.81. The Morgan fingerprint density at radius 3 is 2.60 bits per heavy atom. The van der Waals surface area contributed by atoms with Gasteiger partial charge in [0, 0.05) is 30.8 Å². The van der Waals surface area contributed by atoms with E-state index in [2.05, 4.69) is 5.32 Å². The summed E-state index contributed by atoms with van der Waals surface area (Å²) in [4.78, 5) is 24.9. The van der Waals surface area contributed by atoms with Crippen molar-refractivity contribution in [2.75, 3.05) is 13.1 Å². The van der Waals surface area contributed by atoms with Gasteiger partial charge in [0.2, 0.25) is 5.91 Å². The van der Waals surface area contributed by atoms with Gasteiger partial charge in [-0.25, -0.2) is 0 Å². The third-order valence-electron chi connectivity index (χ3n) is 3.93. The van der Waals surface area contributed by atoms with E-state index >= 15 is 0 Å². The number of nitrogens with zero attached hydrogens (tertiary/aromatic N) is 2. The monoisotopic (exact) mass is 275 g/mol. The minimum absolute atomic E-state index is 0.0402. The van der Waals surface area contributed by atoms with Gasteiger partial charge < -0.3 is 10.2 Å². The maximum absolute atomic E-state index is 12.4. The summed E-state index contributed by atoms with van der Waals surface area (Å²) in [5.74, 6) is 0.169. The van der Waals surface area contributed by atoms with Gasteiger partial charge in [-0.2, -0.15) is 0 Å². The molecule has 3 rings (SSSR count). The maximum Gasteiger partial charge on any atom is 0.274 e. The lowest BCUT2D eigenvalue weighted by Gasteiger charge is -2.32. The van der Waals surface area contributed by atoms with E-state index in [4.69, 9.17) is 0 Å². The molecule has 1 heterocycles. The molecule has 2 fully saturated rings. The topological polar surface area (TPSA) is 75.5 Å². The van der Waals surface area contributed by atoms with Gasteiger partial charge in [0.25, 0.3) is 5.69 Å². The summed E-state index contributed by atoms with van der Waals surface area (Å²) >= 11 is 0. The lowest BCUT2D eigenvalue weighted by molar-refractivity contribution is -0.385. The molecular formula is C14H17N3O3. The average molecular weight is 275 g/mol. The molecule has 1 aliphatic carbocycles. The van der Waals surface area contributed by atoms with Gasteiger partial charge >= 0.3 is 0 Å². The van der Waals surface area contributed by atoms with Crippen molar-refractivity contribution in [3.05, 3.63) is 39.9 Å². The highest BCUT2D eigenvalue weighted by atomic mass is 16.6. The van der Waals surface area contributed by atoms with Crippen LogP contribution >= 0.6 is 0 Å². The van der Waals surface area contributed by atoms with Crippen LogP contribution < -0.4 is 5.32 Å². The van der Waals surface area contributed by atoms with Crippen LogP contribution in [-0.2, 0) is 11.3 Å². The summed E-state index contributed by atoms with van der Waals surface area (Å²) in [7, 11) is 0. The fourth-order valence-corrected chi connectivity index (χ4v) is 2.48. The Morgan fingerprint density at radius 2 is 2.05 bits per heavy atom. The zero-order valence-corrected chi connectivity index (χ0v) is 11.1. The molecule has 0 radical (unpaired) electrons. The van der Waals surface area contributed by atoms with E-state index in [-0.39, 0.29) is 28.5 Å². The Bertz CT molecular complexity index is 538. The smallest absolute Gasteiger partial charge is 0.274 e. The summed E-state index contributed by atoms with van der Waals surface area (Å²) in [5.41, 5.74) is 0.711. The maximum atomic E-state index is 12.4. The number of benzene rings is 1. The minimum atomic E-state index is -0.379. The van der Waals surface area contributed by atoms with Crippen molar-refractivity contribution < 1.29 is 9.72 Å². The van der Waals surface area contributed by atoms with Crippen molar-refractivity contribution in [1.29, 1.82) is 0 Å². The standard InChI is InChI=1S/C14H17N3O3/c18-14(11-7-15-8-11)16(12-5-6-12)9-10-3-1-2-4-13(10)17(19)20/h1-4,11-12,15H,5-9H2. The highest BCUT2D eigenvalue weighted by Crippen LogP contribution is 2.32. The zero-order valence-electron chi connectivity index (χ0n) is 11.1. The molecule has 0 atom stereocenters. The summed E-state index contributed by atoms with van der Waals surface area (Å²) in [6, 6.07) is 6.93. The Hall–Kier alpha value is -1.95. The molecule has 1 aromatic rings. The van der Waals surface area contributed by atoms with Crippen molar-refractivity contribution >= 4 is 11.6 Å². The van der Waals surface area contributed by atoms with Crippen molar-refractivity contribution in [2.45, 2.75) is 25.4 Å². The number of amides is 1. The van der Waals surface area contributed by atoms with E-state index in [0.29, 0.717) is 12.1 Å². The predicted molar refractivity (Wildman–Crippen MR) is 73.0 cm³/mol. The van der Waals surface area contributed by atoms with Crippen molar-refractivity contribution in [3.8, 4) is 0 Å². The third kappa shape index (κ3) is 2.51. The molecule has 20 heavy (non-hydrogen) atoms. The molecular weight excluding hydrogens is 258 g/mol. The van der Waals surface area contributed by atoms with Gasteiger partial charge in [-0.3, -0.25) is 14.9 Å². The fraction of sp³-hybridized carbons (Fsp3) is 0.500.